The largest absolute Gasteiger partial charge is 0.379 e. The summed E-state index contributed by atoms with van der Waals surface area (Å²) in [5, 5.41) is 3.36. The third-order valence-electron chi connectivity index (χ3n) is 4.51. The third-order valence-corrected chi connectivity index (χ3v) is 4.51. The van der Waals surface area contributed by atoms with Gasteiger partial charge in [-0.15, -0.1) is 0 Å². The molecule has 1 rings (SSSR count). The van der Waals surface area contributed by atoms with E-state index in [2.05, 4.69) is 12.2 Å². The van der Waals surface area contributed by atoms with E-state index in [9.17, 15) is 0 Å². The van der Waals surface area contributed by atoms with Crippen molar-refractivity contribution in [2.45, 2.75) is 90.1 Å². The molecule has 1 aliphatic heterocycles. The van der Waals surface area contributed by atoms with Gasteiger partial charge in [0, 0.05) is 6.61 Å². The summed E-state index contributed by atoms with van der Waals surface area (Å²) in [6, 6.07) is 0. The fourth-order valence-corrected chi connectivity index (χ4v) is 3.03. The van der Waals surface area contributed by atoms with E-state index in [0.717, 1.165) is 45.8 Å². The first kappa shape index (κ1) is 19.9. The van der Waals surface area contributed by atoms with Gasteiger partial charge < -0.3 is 14.8 Å². The van der Waals surface area contributed by atoms with Crippen molar-refractivity contribution < 1.29 is 9.47 Å². The van der Waals surface area contributed by atoms with Crippen LogP contribution in [-0.4, -0.2) is 39.0 Å². The molecule has 1 saturated heterocycles. The highest BCUT2D eigenvalue weighted by molar-refractivity contribution is 4.67. The molecule has 0 aromatic heterocycles. The van der Waals surface area contributed by atoms with Crippen LogP contribution in [0.25, 0.3) is 0 Å². The summed E-state index contributed by atoms with van der Waals surface area (Å²) in [7, 11) is 0. The van der Waals surface area contributed by atoms with E-state index in [1.54, 1.807) is 0 Å². The van der Waals surface area contributed by atoms with Crippen molar-refractivity contribution in [2.24, 2.45) is 0 Å². The topological polar surface area (TPSA) is 30.5 Å². The Hall–Kier alpha value is -0.120. The van der Waals surface area contributed by atoms with Crippen LogP contribution in [0.1, 0.15) is 84.0 Å². The molecule has 0 aliphatic carbocycles. The molecule has 1 heterocycles. The van der Waals surface area contributed by atoms with Crippen LogP contribution in [0.5, 0.6) is 0 Å². The van der Waals surface area contributed by atoms with Crippen LogP contribution in [0.2, 0.25) is 0 Å². The highest BCUT2D eigenvalue weighted by Gasteiger charge is 2.12. The van der Waals surface area contributed by atoms with Crippen molar-refractivity contribution in [3.8, 4) is 0 Å². The number of piperidine rings is 1. The average molecular weight is 314 g/mol. The average Bonchev–Trinajstić information content (AvgIpc) is 2.56. The lowest BCUT2D eigenvalue weighted by molar-refractivity contribution is -0.00772. The molecule has 0 aromatic carbocycles. The molecule has 3 heteroatoms. The van der Waals surface area contributed by atoms with Gasteiger partial charge >= 0.3 is 0 Å². The normalized spacial score (nSPS) is 16.2. The number of hydrogen-bond acceptors (Lipinski definition) is 3. The van der Waals surface area contributed by atoms with Crippen molar-refractivity contribution >= 4 is 0 Å². The molecule has 3 nitrogen and oxygen atoms in total. The summed E-state index contributed by atoms with van der Waals surface area (Å²) >= 11 is 0. The van der Waals surface area contributed by atoms with E-state index in [1.165, 1.54) is 64.2 Å². The van der Waals surface area contributed by atoms with Gasteiger partial charge in [-0.1, -0.05) is 64.7 Å². The summed E-state index contributed by atoms with van der Waals surface area (Å²) in [5.74, 6) is 0. The minimum absolute atomic E-state index is 0.460. The molecule has 22 heavy (non-hydrogen) atoms. The highest BCUT2D eigenvalue weighted by Crippen LogP contribution is 2.10. The highest BCUT2D eigenvalue weighted by atomic mass is 16.5. The monoisotopic (exact) mass is 313 g/mol. The fourth-order valence-electron chi connectivity index (χ4n) is 3.03. The molecule has 0 radical (unpaired) electrons. The van der Waals surface area contributed by atoms with Crippen LogP contribution < -0.4 is 5.32 Å². The number of unbranched alkanes of at least 4 members (excludes halogenated alkanes) is 9. The third kappa shape index (κ3) is 12.4. The second-order valence-electron chi connectivity index (χ2n) is 6.61. The van der Waals surface area contributed by atoms with Gasteiger partial charge in [-0.2, -0.15) is 0 Å². The minimum atomic E-state index is 0.460. The zero-order chi connectivity index (χ0) is 15.7. The van der Waals surface area contributed by atoms with Gasteiger partial charge in [0.2, 0.25) is 0 Å². The van der Waals surface area contributed by atoms with Crippen molar-refractivity contribution in [3.05, 3.63) is 0 Å². The second-order valence-corrected chi connectivity index (χ2v) is 6.61. The Morgan fingerprint density at radius 2 is 1.32 bits per heavy atom. The molecule has 0 spiro atoms. The molecule has 1 N–H and O–H groups in total. The van der Waals surface area contributed by atoms with Crippen LogP contribution in [0.4, 0.5) is 0 Å². The van der Waals surface area contributed by atoms with Crippen LogP contribution >= 0.6 is 0 Å². The molecular weight excluding hydrogens is 274 g/mol. The smallest absolute Gasteiger partial charge is 0.0704 e. The van der Waals surface area contributed by atoms with Gasteiger partial charge in [0.05, 0.1) is 19.3 Å². The Balaban J connectivity index is 1.68. The molecular formula is C19H39NO2. The summed E-state index contributed by atoms with van der Waals surface area (Å²) in [6.07, 6.45) is 16.6. The van der Waals surface area contributed by atoms with Crippen LogP contribution in [0, 0.1) is 0 Å². The van der Waals surface area contributed by atoms with E-state index in [0.29, 0.717) is 6.10 Å². The molecule has 0 amide bonds. The Kier molecular flexibility index (Phi) is 14.3. The summed E-state index contributed by atoms with van der Waals surface area (Å²) in [6.45, 7) is 6.92. The molecule has 1 aliphatic rings. The standard InChI is InChI=1S/C19H39NO2/c1-2-3-4-5-6-7-8-9-10-11-16-21-17-18-22-19-12-14-20-15-13-19/h19-20H,2-18H2,1H3. The molecule has 1 fully saturated rings. The zero-order valence-corrected chi connectivity index (χ0v) is 14.9. The number of ether oxygens (including phenoxy) is 2. The lowest BCUT2D eigenvalue weighted by atomic mass is 10.1. The van der Waals surface area contributed by atoms with Crippen LogP contribution in [0.3, 0.4) is 0 Å². The minimum Gasteiger partial charge on any atom is -0.379 e. The van der Waals surface area contributed by atoms with Gasteiger partial charge in [0.15, 0.2) is 0 Å². The molecule has 0 saturated carbocycles. The SMILES string of the molecule is CCCCCCCCCCCCOCCOC1CCNCC1. The summed E-state index contributed by atoms with van der Waals surface area (Å²) in [5.41, 5.74) is 0. The van der Waals surface area contributed by atoms with Gasteiger partial charge in [0.1, 0.15) is 0 Å². The lowest BCUT2D eigenvalue weighted by Crippen LogP contribution is -2.33. The Labute approximate surface area is 138 Å². The van der Waals surface area contributed by atoms with Crippen LogP contribution in [-0.2, 0) is 9.47 Å². The summed E-state index contributed by atoms with van der Waals surface area (Å²) < 4.78 is 11.5. The lowest BCUT2D eigenvalue weighted by Gasteiger charge is -2.22. The van der Waals surface area contributed by atoms with Gasteiger partial charge in [0.25, 0.3) is 0 Å². The molecule has 0 unspecified atom stereocenters. The first-order chi connectivity index (χ1) is 10.9. The Morgan fingerprint density at radius 3 is 1.95 bits per heavy atom. The van der Waals surface area contributed by atoms with Crippen molar-refractivity contribution in [1.29, 1.82) is 0 Å². The predicted octanol–water partition coefficient (Wildman–Crippen LogP) is 4.69. The molecule has 132 valence electrons. The van der Waals surface area contributed by atoms with Crippen LogP contribution in [0.15, 0.2) is 0 Å². The maximum absolute atomic E-state index is 5.82. The quantitative estimate of drug-likeness (QED) is 0.445. The zero-order valence-electron chi connectivity index (χ0n) is 14.9. The van der Waals surface area contributed by atoms with Gasteiger partial charge in [-0.05, 0) is 32.4 Å². The van der Waals surface area contributed by atoms with E-state index >= 15 is 0 Å². The Bertz CT molecular complexity index is 217. The van der Waals surface area contributed by atoms with Crippen molar-refractivity contribution in [2.75, 3.05) is 32.9 Å². The number of rotatable bonds is 15. The van der Waals surface area contributed by atoms with E-state index in [-0.39, 0.29) is 0 Å². The molecule has 0 atom stereocenters. The van der Waals surface area contributed by atoms with Crippen molar-refractivity contribution in [1.82, 2.24) is 5.32 Å². The second kappa shape index (κ2) is 15.8. The van der Waals surface area contributed by atoms with Gasteiger partial charge in [-0.25, -0.2) is 0 Å². The maximum atomic E-state index is 5.82. The first-order valence-electron chi connectivity index (χ1n) is 9.83. The van der Waals surface area contributed by atoms with E-state index in [4.69, 9.17) is 9.47 Å². The van der Waals surface area contributed by atoms with Crippen molar-refractivity contribution in [3.63, 3.8) is 0 Å². The first-order valence-corrected chi connectivity index (χ1v) is 9.83. The number of hydrogen-bond donors (Lipinski definition) is 1. The van der Waals surface area contributed by atoms with E-state index in [1.807, 2.05) is 0 Å². The Morgan fingerprint density at radius 1 is 0.727 bits per heavy atom. The number of nitrogens with one attached hydrogen (secondary N) is 1. The maximum Gasteiger partial charge on any atom is 0.0704 e. The molecule has 0 bridgehead atoms. The van der Waals surface area contributed by atoms with Gasteiger partial charge in [-0.3, -0.25) is 0 Å². The molecule has 0 aromatic rings. The summed E-state index contributed by atoms with van der Waals surface area (Å²) in [4.78, 5) is 0. The fraction of sp³-hybridized carbons (Fsp3) is 1.00. The van der Waals surface area contributed by atoms with E-state index < -0.39 is 0 Å². The predicted molar refractivity (Wildman–Crippen MR) is 94.5 cm³/mol.